The van der Waals surface area contributed by atoms with Gasteiger partial charge in [-0.1, -0.05) is 66.7 Å². The zero-order valence-electron chi connectivity index (χ0n) is 16.9. The molecule has 2 N–H and O–H groups in total. The van der Waals surface area contributed by atoms with Crippen LogP contribution in [0.1, 0.15) is 22.6 Å². The summed E-state index contributed by atoms with van der Waals surface area (Å²) >= 11 is 0. The molecule has 1 amide bonds. The molecule has 1 aliphatic rings. The van der Waals surface area contributed by atoms with Gasteiger partial charge in [0.25, 0.3) is 0 Å². The quantitative estimate of drug-likeness (QED) is 0.622. The topological polar surface area (TPSA) is 67.8 Å². The Hall–Kier alpha value is -3.31. The number of hydrogen-bond donors (Lipinski definition) is 2. The van der Waals surface area contributed by atoms with E-state index in [-0.39, 0.29) is 19.1 Å². The molecular formula is C25H25NO4. The normalized spacial score (nSPS) is 13.3. The number of amides is 1. The minimum Gasteiger partial charge on any atom is -0.496 e. The van der Waals surface area contributed by atoms with Gasteiger partial charge in [-0.25, -0.2) is 4.79 Å². The molecule has 1 aliphatic carbocycles. The molecule has 0 spiro atoms. The van der Waals surface area contributed by atoms with Crippen LogP contribution in [0.4, 0.5) is 4.79 Å². The van der Waals surface area contributed by atoms with Crippen molar-refractivity contribution in [3.05, 3.63) is 89.5 Å². The highest BCUT2D eigenvalue weighted by Crippen LogP contribution is 2.44. The zero-order valence-corrected chi connectivity index (χ0v) is 16.9. The Kier molecular flexibility index (Phi) is 6.00. The van der Waals surface area contributed by atoms with Gasteiger partial charge in [0.15, 0.2) is 0 Å². The van der Waals surface area contributed by atoms with Crippen LogP contribution in [0.2, 0.25) is 0 Å². The van der Waals surface area contributed by atoms with E-state index in [9.17, 15) is 9.90 Å². The SMILES string of the molecule is COc1ccccc1C[C@@H](CO)NC(=O)OCC1c2ccccc2-c2ccccc21. The summed E-state index contributed by atoms with van der Waals surface area (Å²) in [6, 6.07) is 23.5. The number of alkyl carbamates (subject to hydrolysis) is 1. The lowest BCUT2D eigenvalue weighted by Gasteiger charge is -2.19. The van der Waals surface area contributed by atoms with Gasteiger partial charge in [-0.3, -0.25) is 0 Å². The van der Waals surface area contributed by atoms with Crippen LogP contribution in [0.5, 0.6) is 5.75 Å². The molecule has 0 heterocycles. The van der Waals surface area contributed by atoms with E-state index in [1.807, 2.05) is 48.5 Å². The van der Waals surface area contributed by atoms with Gasteiger partial charge < -0.3 is 19.9 Å². The maximum absolute atomic E-state index is 12.5. The number of benzene rings is 3. The third kappa shape index (κ3) is 4.02. The molecule has 5 nitrogen and oxygen atoms in total. The number of nitrogens with one attached hydrogen (secondary N) is 1. The van der Waals surface area contributed by atoms with E-state index in [0.29, 0.717) is 6.42 Å². The second-order valence-corrected chi connectivity index (χ2v) is 7.37. The van der Waals surface area contributed by atoms with Crippen molar-refractivity contribution in [1.82, 2.24) is 5.32 Å². The van der Waals surface area contributed by atoms with Gasteiger partial charge >= 0.3 is 6.09 Å². The van der Waals surface area contributed by atoms with E-state index < -0.39 is 12.1 Å². The molecule has 0 bridgehead atoms. The molecule has 0 saturated carbocycles. The second-order valence-electron chi connectivity index (χ2n) is 7.37. The van der Waals surface area contributed by atoms with Crippen LogP contribution in [0.15, 0.2) is 72.8 Å². The van der Waals surface area contributed by atoms with Crippen molar-refractivity contribution in [3.8, 4) is 16.9 Å². The fourth-order valence-corrected chi connectivity index (χ4v) is 4.11. The van der Waals surface area contributed by atoms with Crippen molar-refractivity contribution in [3.63, 3.8) is 0 Å². The Labute approximate surface area is 176 Å². The Morgan fingerprint density at radius 1 is 0.967 bits per heavy atom. The van der Waals surface area contributed by atoms with Crippen LogP contribution < -0.4 is 10.1 Å². The van der Waals surface area contributed by atoms with Gasteiger partial charge in [0.05, 0.1) is 19.8 Å². The van der Waals surface area contributed by atoms with Gasteiger partial charge in [0, 0.05) is 5.92 Å². The fourth-order valence-electron chi connectivity index (χ4n) is 4.11. The molecule has 0 fully saturated rings. The number of hydrogen-bond acceptors (Lipinski definition) is 4. The molecule has 0 aliphatic heterocycles. The number of rotatable bonds is 7. The van der Waals surface area contributed by atoms with Crippen LogP contribution in [-0.4, -0.2) is 37.6 Å². The summed E-state index contributed by atoms with van der Waals surface area (Å²) in [4.78, 5) is 12.5. The van der Waals surface area contributed by atoms with Crippen molar-refractivity contribution in [1.29, 1.82) is 0 Å². The number of fused-ring (bicyclic) bond motifs is 3. The number of aliphatic hydroxyl groups is 1. The van der Waals surface area contributed by atoms with Crippen LogP contribution in [0.25, 0.3) is 11.1 Å². The highest BCUT2D eigenvalue weighted by molar-refractivity contribution is 5.79. The fraction of sp³-hybridized carbons (Fsp3) is 0.240. The Bertz CT molecular complexity index is 987. The highest BCUT2D eigenvalue weighted by atomic mass is 16.5. The largest absolute Gasteiger partial charge is 0.496 e. The van der Waals surface area contributed by atoms with E-state index in [4.69, 9.17) is 9.47 Å². The average Bonchev–Trinajstić information content (AvgIpc) is 3.11. The number of carbonyl (C=O) groups excluding carboxylic acids is 1. The lowest BCUT2D eigenvalue weighted by molar-refractivity contribution is 0.132. The molecule has 0 aromatic heterocycles. The molecule has 1 atom stereocenters. The lowest BCUT2D eigenvalue weighted by Crippen LogP contribution is -2.39. The minimum atomic E-state index is -0.536. The Morgan fingerprint density at radius 2 is 1.57 bits per heavy atom. The standard InChI is InChI=1S/C25H25NO4/c1-29-24-13-7-2-8-17(24)14-18(15-27)26-25(28)30-16-23-21-11-5-3-9-19(21)20-10-4-6-12-22(20)23/h2-13,18,23,27H,14-16H2,1H3,(H,26,28)/t18-/m0/s1. The summed E-state index contributed by atoms with van der Waals surface area (Å²) < 4.78 is 10.9. The summed E-state index contributed by atoms with van der Waals surface area (Å²) in [5.41, 5.74) is 5.62. The molecule has 0 radical (unpaired) electrons. The monoisotopic (exact) mass is 403 g/mol. The van der Waals surface area contributed by atoms with Crippen molar-refractivity contribution in [2.75, 3.05) is 20.3 Å². The molecule has 3 aromatic rings. The summed E-state index contributed by atoms with van der Waals surface area (Å²) in [5.74, 6) is 0.732. The maximum atomic E-state index is 12.5. The van der Waals surface area contributed by atoms with Gasteiger partial charge in [-0.15, -0.1) is 0 Å². The maximum Gasteiger partial charge on any atom is 0.407 e. The summed E-state index contributed by atoms with van der Waals surface area (Å²) in [5, 5.41) is 12.5. The molecular weight excluding hydrogens is 378 g/mol. The third-order valence-electron chi connectivity index (χ3n) is 5.54. The number of ether oxygens (including phenoxy) is 2. The molecule has 4 rings (SSSR count). The van der Waals surface area contributed by atoms with Crippen molar-refractivity contribution in [2.45, 2.75) is 18.4 Å². The van der Waals surface area contributed by atoms with E-state index in [2.05, 4.69) is 29.6 Å². The minimum absolute atomic E-state index is 0.00458. The molecule has 0 unspecified atom stereocenters. The van der Waals surface area contributed by atoms with Crippen LogP contribution in [0, 0.1) is 0 Å². The molecule has 3 aromatic carbocycles. The van der Waals surface area contributed by atoms with Gasteiger partial charge in [0.1, 0.15) is 12.4 Å². The molecule has 0 saturated heterocycles. The van der Waals surface area contributed by atoms with E-state index in [1.54, 1.807) is 7.11 Å². The average molecular weight is 403 g/mol. The predicted octanol–water partition coefficient (Wildman–Crippen LogP) is 4.14. The first-order valence-corrected chi connectivity index (χ1v) is 10.1. The zero-order chi connectivity index (χ0) is 20.9. The van der Waals surface area contributed by atoms with Crippen LogP contribution >= 0.6 is 0 Å². The second kappa shape index (κ2) is 9.01. The number of aliphatic hydroxyl groups excluding tert-OH is 1. The first-order chi connectivity index (χ1) is 14.7. The Balaban J connectivity index is 1.41. The molecule has 5 heteroatoms. The number of para-hydroxylation sites is 1. The van der Waals surface area contributed by atoms with Gasteiger partial charge in [-0.2, -0.15) is 0 Å². The molecule has 154 valence electrons. The summed E-state index contributed by atoms with van der Waals surface area (Å²) in [6.45, 7) is 0.0505. The van der Waals surface area contributed by atoms with Crippen molar-refractivity contribution < 1.29 is 19.4 Å². The smallest absolute Gasteiger partial charge is 0.407 e. The predicted molar refractivity (Wildman–Crippen MR) is 116 cm³/mol. The van der Waals surface area contributed by atoms with E-state index in [1.165, 1.54) is 22.3 Å². The third-order valence-corrected chi connectivity index (χ3v) is 5.54. The van der Waals surface area contributed by atoms with Crippen molar-refractivity contribution in [2.24, 2.45) is 0 Å². The number of carbonyl (C=O) groups is 1. The van der Waals surface area contributed by atoms with Crippen LogP contribution in [-0.2, 0) is 11.2 Å². The first kappa shape index (κ1) is 20.0. The van der Waals surface area contributed by atoms with Crippen LogP contribution in [0.3, 0.4) is 0 Å². The van der Waals surface area contributed by atoms with Crippen molar-refractivity contribution >= 4 is 6.09 Å². The molecule has 30 heavy (non-hydrogen) atoms. The van der Waals surface area contributed by atoms with Gasteiger partial charge in [0.2, 0.25) is 0 Å². The van der Waals surface area contributed by atoms with Gasteiger partial charge in [-0.05, 0) is 40.3 Å². The number of methoxy groups -OCH3 is 1. The van der Waals surface area contributed by atoms with E-state index >= 15 is 0 Å². The summed E-state index contributed by atoms with van der Waals surface area (Å²) in [7, 11) is 1.60. The highest BCUT2D eigenvalue weighted by Gasteiger charge is 2.29. The Morgan fingerprint density at radius 3 is 2.20 bits per heavy atom. The lowest BCUT2D eigenvalue weighted by atomic mass is 9.98. The summed E-state index contributed by atoms with van der Waals surface area (Å²) in [6.07, 6.45) is -0.0872. The first-order valence-electron chi connectivity index (χ1n) is 10.1. The van der Waals surface area contributed by atoms with E-state index in [0.717, 1.165) is 11.3 Å².